The topological polar surface area (TPSA) is 111 Å². The number of nitrogens with one attached hydrogen (secondary N) is 2. The van der Waals surface area contributed by atoms with Gasteiger partial charge >= 0.3 is 12.1 Å². The molecule has 1 saturated heterocycles. The largest absolute Gasteiger partial charge is 0.338 e. The number of nitrogens with zero attached hydrogens (tertiary/aromatic N) is 4. The lowest BCUT2D eigenvalue weighted by molar-refractivity contribution is -0.384. The molecular formula is C26H38N6O4. The van der Waals surface area contributed by atoms with Crippen LogP contribution in [0.15, 0.2) is 35.9 Å². The number of piperazine rings is 1. The lowest BCUT2D eigenvalue weighted by atomic mass is 9.49. The molecule has 5 rings (SSSR count). The first kappa shape index (κ1) is 25.9. The third-order valence-corrected chi connectivity index (χ3v) is 8.25. The van der Waals surface area contributed by atoms with Crippen molar-refractivity contribution in [3.63, 3.8) is 0 Å². The van der Waals surface area contributed by atoms with Gasteiger partial charge in [0.15, 0.2) is 0 Å². The number of anilines is 1. The zero-order valence-electron chi connectivity index (χ0n) is 21.5. The Morgan fingerprint density at radius 3 is 2.44 bits per heavy atom. The summed E-state index contributed by atoms with van der Waals surface area (Å²) in [5, 5.41) is 16.6. The van der Waals surface area contributed by atoms with Gasteiger partial charge in [-0.05, 0) is 49.1 Å². The van der Waals surface area contributed by atoms with Crippen LogP contribution in [0.1, 0.15) is 33.6 Å². The number of hydrogen-bond donors (Lipinski definition) is 2. The molecule has 2 atom stereocenters. The summed E-state index contributed by atoms with van der Waals surface area (Å²) in [5.41, 5.74) is 2.26. The van der Waals surface area contributed by atoms with E-state index in [1.54, 1.807) is 4.90 Å². The van der Waals surface area contributed by atoms with E-state index >= 15 is 0 Å². The molecule has 10 heteroatoms. The van der Waals surface area contributed by atoms with Gasteiger partial charge in [-0.2, -0.15) is 0 Å². The highest BCUT2D eigenvalue weighted by atomic mass is 16.6. The molecule has 4 aliphatic rings. The Balaban J connectivity index is 1.25. The van der Waals surface area contributed by atoms with E-state index in [0.717, 1.165) is 32.0 Å². The van der Waals surface area contributed by atoms with Gasteiger partial charge in [-0.15, -0.1) is 0 Å². The Labute approximate surface area is 212 Å². The molecule has 1 aromatic carbocycles. The van der Waals surface area contributed by atoms with Gasteiger partial charge < -0.3 is 20.4 Å². The van der Waals surface area contributed by atoms with Crippen molar-refractivity contribution in [3.05, 3.63) is 46.0 Å². The molecule has 2 fully saturated rings. The summed E-state index contributed by atoms with van der Waals surface area (Å²) in [6.07, 6.45) is 4.72. The molecule has 1 heterocycles. The Hall–Kier alpha value is -3.14. The Morgan fingerprint density at radius 1 is 1.17 bits per heavy atom. The number of fused-ring (bicyclic) bond motifs is 1. The molecule has 36 heavy (non-hydrogen) atoms. The molecule has 196 valence electrons. The molecule has 2 N–H and O–H groups in total. The van der Waals surface area contributed by atoms with Crippen molar-refractivity contribution in [2.75, 3.05) is 57.7 Å². The fourth-order valence-electron chi connectivity index (χ4n) is 5.70. The molecule has 0 radical (unpaired) electrons. The van der Waals surface area contributed by atoms with Crippen molar-refractivity contribution in [1.82, 2.24) is 20.0 Å². The van der Waals surface area contributed by atoms with Gasteiger partial charge in [-0.1, -0.05) is 25.5 Å². The van der Waals surface area contributed by atoms with Gasteiger partial charge in [0.2, 0.25) is 0 Å². The number of hydrogen-bond acceptors (Lipinski definition) is 5. The van der Waals surface area contributed by atoms with Crippen LogP contribution in [0, 0.1) is 27.4 Å². The predicted octanol–water partition coefficient (Wildman–Crippen LogP) is 3.77. The van der Waals surface area contributed by atoms with E-state index in [-0.39, 0.29) is 17.7 Å². The molecule has 4 amide bonds. The minimum atomic E-state index is -0.465. The van der Waals surface area contributed by atoms with Crippen LogP contribution < -0.4 is 10.6 Å². The van der Waals surface area contributed by atoms with Crippen LogP contribution in [0.5, 0.6) is 0 Å². The van der Waals surface area contributed by atoms with Gasteiger partial charge in [-0.3, -0.25) is 15.0 Å². The monoisotopic (exact) mass is 498 g/mol. The Kier molecular flexibility index (Phi) is 7.82. The summed E-state index contributed by atoms with van der Waals surface area (Å²) < 4.78 is 0. The summed E-state index contributed by atoms with van der Waals surface area (Å²) >= 11 is 0. The van der Waals surface area contributed by atoms with Crippen LogP contribution in [0.4, 0.5) is 21.0 Å². The highest BCUT2D eigenvalue weighted by Gasteiger charge is 2.51. The van der Waals surface area contributed by atoms with E-state index in [0.29, 0.717) is 49.7 Å². The molecule has 0 aromatic heterocycles. The minimum absolute atomic E-state index is 0.0105. The first-order valence-electron chi connectivity index (χ1n) is 12.9. The second-order valence-electron chi connectivity index (χ2n) is 10.6. The van der Waals surface area contributed by atoms with E-state index in [4.69, 9.17) is 0 Å². The predicted molar refractivity (Wildman–Crippen MR) is 139 cm³/mol. The van der Waals surface area contributed by atoms with Crippen molar-refractivity contribution in [3.8, 4) is 0 Å². The Morgan fingerprint density at radius 2 is 1.86 bits per heavy atom. The second kappa shape index (κ2) is 10.9. The average molecular weight is 499 g/mol. The van der Waals surface area contributed by atoms with Gasteiger partial charge in [0.05, 0.1) is 4.92 Å². The summed E-state index contributed by atoms with van der Waals surface area (Å²) in [7, 11) is 0. The van der Waals surface area contributed by atoms with Crippen LogP contribution in [0.2, 0.25) is 0 Å². The molecule has 10 nitrogen and oxygen atoms in total. The number of amides is 4. The van der Waals surface area contributed by atoms with Crippen LogP contribution in [0.3, 0.4) is 0 Å². The molecule has 1 aliphatic heterocycles. The first-order valence-corrected chi connectivity index (χ1v) is 12.9. The quantitative estimate of drug-likeness (QED) is 0.322. The summed E-state index contributed by atoms with van der Waals surface area (Å²) in [6, 6.07) is 5.60. The molecule has 1 saturated carbocycles. The van der Waals surface area contributed by atoms with Crippen LogP contribution >= 0.6 is 0 Å². The summed E-state index contributed by atoms with van der Waals surface area (Å²) in [5.74, 6) is 1.35. The number of nitro benzene ring substituents is 1. The van der Waals surface area contributed by atoms with Gasteiger partial charge in [-0.25, -0.2) is 9.59 Å². The molecule has 3 aliphatic carbocycles. The highest BCUT2D eigenvalue weighted by molar-refractivity contribution is 5.89. The average Bonchev–Trinajstić information content (AvgIpc) is 2.87. The van der Waals surface area contributed by atoms with Gasteiger partial charge in [0.1, 0.15) is 0 Å². The van der Waals surface area contributed by atoms with E-state index in [2.05, 4.69) is 35.5 Å². The molecule has 2 unspecified atom stereocenters. The number of benzene rings is 1. The van der Waals surface area contributed by atoms with E-state index in [1.807, 2.05) is 11.8 Å². The van der Waals surface area contributed by atoms with Crippen molar-refractivity contribution >= 4 is 23.4 Å². The third-order valence-electron chi connectivity index (χ3n) is 8.25. The van der Waals surface area contributed by atoms with Gasteiger partial charge in [0, 0.05) is 70.2 Å². The molecule has 2 bridgehead atoms. The number of allylic oxidation sites excluding steroid dienone is 1. The van der Waals surface area contributed by atoms with Crippen molar-refractivity contribution in [2.45, 2.75) is 33.6 Å². The zero-order chi connectivity index (χ0) is 25.9. The summed E-state index contributed by atoms with van der Waals surface area (Å²) in [6.45, 7) is 12.0. The number of rotatable bonds is 8. The van der Waals surface area contributed by atoms with Crippen LogP contribution in [-0.2, 0) is 0 Å². The van der Waals surface area contributed by atoms with Crippen molar-refractivity contribution in [2.24, 2.45) is 17.3 Å². The number of non-ortho nitro benzene ring substituents is 1. The normalized spacial score (nSPS) is 22.8. The minimum Gasteiger partial charge on any atom is -0.338 e. The van der Waals surface area contributed by atoms with Crippen LogP contribution in [0.25, 0.3) is 0 Å². The fraction of sp³-hybridized carbons (Fsp3) is 0.615. The lowest BCUT2D eigenvalue weighted by Crippen LogP contribution is -2.53. The van der Waals surface area contributed by atoms with Gasteiger partial charge in [0.25, 0.3) is 5.69 Å². The molecular weight excluding hydrogens is 460 g/mol. The van der Waals surface area contributed by atoms with E-state index in [1.165, 1.54) is 36.3 Å². The number of nitro groups is 1. The SMILES string of the molecule is CCNC(=O)N(CCN1CCN(C(=O)Nc2ccc([N+](=O)[O-])cc2)CC1)CC1=CCC2CC1C2(C)C. The fourth-order valence-corrected chi connectivity index (χ4v) is 5.70. The van der Waals surface area contributed by atoms with Crippen molar-refractivity contribution < 1.29 is 14.5 Å². The maximum absolute atomic E-state index is 12.8. The summed E-state index contributed by atoms with van der Waals surface area (Å²) in [4.78, 5) is 41.8. The number of carbonyl (C=O) groups is 2. The third kappa shape index (κ3) is 5.64. The second-order valence-corrected chi connectivity index (χ2v) is 10.6. The lowest BCUT2D eigenvalue weighted by Gasteiger charge is -2.57. The Bertz CT molecular complexity index is 1000. The first-order chi connectivity index (χ1) is 17.2. The molecule has 1 aromatic rings. The van der Waals surface area contributed by atoms with E-state index in [9.17, 15) is 19.7 Å². The van der Waals surface area contributed by atoms with E-state index < -0.39 is 4.92 Å². The smallest absolute Gasteiger partial charge is 0.321 e. The standard InChI is InChI=1S/C26H38N6O4/c1-4-27-24(33)31(18-19-5-6-20-17-23(19)26(20,2)3)16-13-29-11-14-30(15-12-29)25(34)28-21-7-9-22(10-8-21)32(35)36/h5,7-10,20,23H,4,6,11-18H2,1-3H3,(H,27,33)(H,28,34). The zero-order valence-corrected chi connectivity index (χ0v) is 21.5. The highest BCUT2D eigenvalue weighted by Crippen LogP contribution is 2.59. The maximum Gasteiger partial charge on any atom is 0.321 e. The molecule has 0 spiro atoms. The maximum atomic E-state index is 12.8. The number of urea groups is 2. The van der Waals surface area contributed by atoms with Crippen LogP contribution in [-0.4, -0.2) is 84.0 Å². The van der Waals surface area contributed by atoms with Crippen molar-refractivity contribution in [1.29, 1.82) is 0 Å². The number of carbonyl (C=O) groups excluding carboxylic acids is 2.